The number of ether oxygens (including phenoxy) is 2. The number of fused-ring (bicyclic) bond motifs is 2. The van der Waals surface area contributed by atoms with Crippen LogP contribution in [0.1, 0.15) is 45.6 Å². The maximum atomic E-state index is 11.8. The Morgan fingerprint density at radius 3 is 2.05 bits per heavy atom. The smallest absolute Gasteiger partial charge is 0.122 e. The lowest BCUT2D eigenvalue weighted by molar-refractivity contribution is -0.150. The standard InChI is InChI=1S/C18H26O3/c1-16(2)12-6-7-17(3,11-12)18(16,19)13-8-14(20-4)10-15(9-13)21-5/h8-10,12,19H,6-7,11H2,1-5H3. The molecule has 0 saturated heterocycles. The molecule has 3 unspecified atom stereocenters. The van der Waals surface area contributed by atoms with Crippen LogP contribution in [0.2, 0.25) is 0 Å². The molecule has 3 nitrogen and oxygen atoms in total. The van der Waals surface area contributed by atoms with Crippen molar-refractivity contribution < 1.29 is 14.6 Å². The molecule has 0 spiro atoms. The number of methoxy groups -OCH3 is 2. The van der Waals surface area contributed by atoms with Gasteiger partial charge in [-0.3, -0.25) is 0 Å². The normalized spacial score (nSPS) is 36.8. The van der Waals surface area contributed by atoms with Gasteiger partial charge < -0.3 is 14.6 Å². The predicted octanol–water partition coefficient (Wildman–Crippen LogP) is 3.74. The van der Waals surface area contributed by atoms with E-state index in [1.807, 2.05) is 18.2 Å². The summed E-state index contributed by atoms with van der Waals surface area (Å²) in [6.07, 6.45) is 3.39. The summed E-state index contributed by atoms with van der Waals surface area (Å²) in [6.45, 7) is 6.63. The van der Waals surface area contributed by atoms with E-state index in [1.165, 1.54) is 6.42 Å². The van der Waals surface area contributed by atoms with E-state index in [0.29, 0.717) is 5.92 Å². The van der Waals surface area contributed by atoms with Gasteiger partial charge in [0.05, 0.1) is 14.2 Å². The Balaban J connectivity index is 2.18. The van der Waals surface area contributed by atoms with Crippen LogP contribution < -0.4 is 9.47 Å². The lowest BCUT2D eigenvalue weighted by Crippen LogP contribution is -2.51. The average molecular weight is 290 g/mol. The van der Waals surface area contributed by atoms with Crippen molar-refractivity contribution in [2.45, 2.75) is 45.6 Å². The zero-order chi connectivity index (χ0) is 15.5. The summed E-state index contributed by atoms with van der Waals surface area (Å²) in [5.41, 5.74) is -0.130. The van der Waals surface area contributed by atoms with Crippen LogP contribution in [0.15, 0.2) is 18.2 Å². The van der Waals surface area contributed by atoms with Gasteiger partial charge in [-0.05, 0) is 42.9 Å². The van der Waals surface area contributed by atoms with Crippen LogP contribution in [-0.2, 0) is 5.60 Å². The van der Waals surface area contributed by atoms with E-state index in [-0.39, 0.29) is 10.8 Å². The third-order valence-electron chi connectivity index (χ3n) is 6.34. The maximum absolute atomic E-state index is 11.8. The van der Waals surface area contributed by atoms with Crippen molar-refractivity contribution in [1.29, 1.82) is 0 Å². The minimum atomic E-state index is -0.843. The minimum Gasteiger partial charge on any atom is -0.497 e. The molecule has 3 rings (SSSR count). The minimum absolute atomic E-state index is 0.0709. The van der Waals surface area contributed by atoms with Gasteiger partial charge in [0, 0.05) is 16.9 Å². The van der Waals surface area contributed by atoms with E-state index >= 15 is 0 Å². The molecule has 0 heterocycles. The van der Waals surface area contributed by atoms with Crippen LogP contribution in [0.4, 0.5) is 0 Å². The Hall–Kier alpha value is -1.22. The molecule has 0 aromatic heterocycles. The summed E-state index contributed by atoms with van der Waals surface area (Å²) in [6, 6.07) is 5.79. The Bertz CT molecular complexity index is 537. The van der Waals surface area contributed by atoms with Gasteiger partial charge in [0.25, 0.3) is 0 Å². The molecule has 0 aliphatic heterocycles. The van der Waals surface area contributed by atoms with Crippen molar-refractivity contribution >= 4 is 0 Å². The van der Waals surface area contributed by atoms with Crippen molar-refractivity contribution in [2.75, 3.05) is 14.2 Å². The molecule has 1 aromatic rings. The summed E-state index contributed by atoms with van der Waals surface area (Å²) in [4.78, 5) is 0. The Labute approximate surface area is 127 Å². The second kappa shape index (κ2) is 4.39. The quantitative estimate of drug-likeness (QED) is 0.921. The Morgan fingerprint density at radius 1 is 1.05 bits per heavy atom. The summed E-state index contributed by atoms with van der Waals surface area (Å²) in [7, 11) is 3.30. The molecule has 3 heteroatoms. The molecular formula is C18H26O3. The van der Waals surface area contributed by atoms with Crippen molar-refractivity contribution in [3.05, 3.63) is 23.8 Å². The van der Waals surface area contributed by atoms with E-state index in [4.69, 9.17) is 9.47 Å². The molecular weight excluding hydrogens is 264 g/mol. The number of hydrogen-bond donors (Lipinski definition) is 1. The van der Waals surface area contributed by atoms with Gasteiger partial charge in [-0.2, -0.15) is 0 Å². The van der Waals surface area contributed by atoms with Crippen molar-refractivity contribution in [3.63, 3.8) is 0 Å². The maximum Gasteiger partial charge on any atom is 0.122 e. The average Bonchev–Trinajstić information content (AvgIpc) is 2.94. The van der Waals surface area contributed by atoms with E-state index in [1.54, 1.807) is 14.2 Å². The Kier molecular flexibility index (Phi) is 3.07. The summed E-state index contributed by atoms with van der Waals surface area (Å²) in [5.74, 6) is 2.05. The molecule has 0 amide bonds. The first-order valence-corrected chi connectivity index (χ1v) is 7.74. The second-order valence-corrected chi connectivity index (χ2v) is 7.53. The monoisotopic (exact) mass is 290 g/mol. The third kappa shape index (κ3) is 1.70. The molecule has 2 bridgehead atoms. The number of hydrogen-bond acceptors (Lipinski definition) is 3. The number of benzene rings is 1. The van der Waals surface area contributed by atoms with E-state index in [9.17, 15) is 5.11 Å². The fraction of sp³-hybridized carbons (Fsp3) is 0.667. The van der Waals surface area contributed by atoms with Gasteiger partial charge in [0.1, 0.15) is 17.1 Å². The molecule has 2 aliphatic carbocycles. The highest BCUT2D eigenvalue weighted by atomic mass is 16.5. The van der Waals surface area contributed by atoms with Crippen LogP contribution in [0.3, 0.4) is 0 Å². The lowest BCUT2D eigenvalue weighted by Gasteiger charge is -2.51. The van der Waals surface area contributed by atoms with Gasteiger partial charge in [0.2, 0.25) is 0 Å². The molecule has 1 N–H and O–H groups in total. The van der Waals surface area contributed by atoms with Crippen LogP contribution in [-0.4, -0.2) is 19.3 Å². The van der Waals surface area contributed by atoms with Gasteiger partial charge in [0.15, 0.2) is 0 Å². The third-order valence-corrected chi connectivity index (χ3v) is 6.34. The van der Waals surface area contributed by atoms with Gasteiger partial charge in [-0.25, -0.2) is 0 Å². The van der Waals surface area contributed by atoms with Gasteiger partial charge in [-0.15, -0.1) is 0 Å². The summed E-state index contributed by atoms with van der Waals surface area (Å²) in [5, 5.41) is 11.8. The first kappa shape index (κ1) is 14.7. The highest BCUT2D eigenvalue weighted by Crippen LogP contribution is 2.71. The zero-order valence-corrected chi connectivity index (χ0v) is 13.7. The SMILES string of the molecule is COc1cc(OC)cc(C2(O)C3(C)CCC(C3)C2(C)C)c1. The first-order valence-electron chi connectivity index (χ1n) is 7.74. The van der Waals surface area contributed by atoms with Gasteiger partial charge in [-0.1, -0.05) is 20.8 Å². The Morgan fingerprint density at radius 2 is 1.62 bits per heavy atom. The molecule has 2 saturated carbocycles. The van der Waals surface area contributed by atoms with Crippen LogP contribution in [0.5, 0.6) is 11.5 Å². The summed E-state index contributed by atoms with van der Waals surface area (Å²) < 4.78 is 10.8. The van der Waals surface area contributed by atoms with E-state index in [0.717, 1.165) is 29.9 Å². The molecule has 3 atom stereocenters. The van der Waals surface area contributed by atoms with Crippen molar-refractivity contribution in [3.8, 4) is 11.5 Å². The van der Waals surface area contributed by atoms with E-state index in [2.05, 4.69) is 20.8 Å². The first-order chi connectivity index (χ1) is 9.78. The largest absolute Gasteiger partial charge is 0.497 e. The molecule has 0 radical (unpaired) electrons. The van der Waals surface area contributed by atoms with Crippen LogP contribution in [0, 0.1) is 16.7 Å². The van der Waals surface area contributed by atoms with Gasteiger partial charge >= 0.3 is 0 Å². The molecule has 116 valence electrons. The fourth-order valence-electron chi connectivity index (χ4n) is 5.00. The van der Waals surface area contributed by atoms with Crippen LogP contribution in [0.25, 0.3) is 0 Å². The van der Waals surface area contributed by atoms with Crippen molar-refractivity contribution in [2.24, 2.45) is 16.7 Å². The predicted molar refractivity (Wildman–Crippen MR) is 82.7 cm³/mol. The number of aliphatic hydroxyl groups is 1. The highest BCUT2D eigenvalue weighted by molar-refractivity contribution is 5.44. The fourth-order valence-corrected chi connectivity index (χ4v) is 5.00. The number of rotatable bonds is 3. The van der Waals surface area contributed by atoms with Crippen molar-refractivity contribution in [1.82, 2.24) is 0 Å². The summed E-state index contributed by atoms with van der Waals surface area (Å²) >= 11 is 0. The molecule has 1 aromatic carbocycles. The molecule has 21 heavy (non-hydrogen) atoms. The molecule has 2 fully saturated rings. The highest BCUT2D eigenvalue weighted by Gasteiger charge is 2.69. The zero-order valence-electron chi connectivity index (χ0n) is 13.7. The molecule has 2 aliphatic rings. The van der Waals surface area contributed by atoms with E-state index < -0.39 is 5.60 Å². The topological polar surface area (TPSA) is 38.7 Å². The van der Waals surface area contributed by atoms with Crippen LogP contribution >= 0.6 is 0 Å². The second-order valence-electron chi connectivity index (χ2n) is 7.53. The lowest BCUT2D eigenvalue weighted by atomic mass is 9.58.